The molecule has 8 heteroatoms. The predicted molar refractivity (Wildman–Crippen MR) is 114 cm³/mol. The first-order valence-electron chi connectivity index (χ1n) is 9.66. The number of likely N-dealkylation sites (N-methyl/N-ethyl adjacent to an activating group) is 1. The zero-order chi connectivity index (χ0) is 21.7. The van der Waals surface area contributed by atoms with Crippen LogP contribution in [0.15, 0.2) is 53.5 Å². The molecule has 0 aliphatic carbocycles. The second-order valence-corrected chi connectivity index (χ2v) is 7.27. The molecule has 1 atom stereocenters. The van der Waals surface area contributed by atoms with Crippen molar-refractivity contribution in [3.63, 3.8) is 0 Å². The van der Waals surface area contributed by atoms with Gasteiger partial charge >= 0.3 is 0 Å². The molecule has 2 aromatic heterocycles. The van der Waals surface area contributed by atoms with E-state index in [-0.39, 0.29) is 23.8 Å². The smallest absolute Gasteiger partial charge is 0.265 e. The number of hydrogen-bond donors (Lipinski definition) is 2. The van der Waals surface area contributed by atoms with Gasteiger partial charge in [0.15, 0.2) is 0 Å². The number of rotatable bonds is 8. The van der Waals surface area contributed by atoms with Gasteiger partial charge in [-0.3, -0.25) is 14.0 Å². The summed E-state index contributed by atoms with van der Waals surface area (Å²) in [5, 5.41) is 13.5. The number of methoxy groups -OCH3 is 1. The number of aromatic hydroxyl groups is 1. The highest BCUT2D eigenvalue weighted by Crippen LogP contribution is 2.31. The third-order valence-electron chi connectivity index (χ3n) is 4.89. The van der Waals surface area contributed by atoms with Crippen molar-refractivity contribution < 1.29 is 14.6 Å². The SMILES string of the molecule is COc1ccc(C(CC(=O)NCCN(C)C)c2c(O)nc3ccccn3c2=O)cc1. The van der Waals surface area contributed by atoms with Crippen molar-refractivity contribution in [2.24, 2.45) is 0 Å². The molecule has 0 saturated carbocycles. The van der Waals surface area contributed by atoms with Crippen molar-refractivity contribution in [2.45, 2.75) is 12.3 Å². The molecule has 0 fully saturated rings. The van der Waals surface area contributed by atoms with Crippen LogP contribution in [0.5, 0.6) is 11.6 Å². The number of hydrogen-bond acceptors (Lipinski definition) is 6. The molecule has 0 radical (unpaired) electrons. The number of fused-ring (bicyclic) bond motifs is 1. The minimum atomic E-state index is -0.660. The van der Waals surface area contributed by atoms with Gasteiger partial charge in [-0.25, -0.2) is 0 Å². The van der Waals surface area contributed by atoms with Gasteiger partial charge in [-0.2, -0.15) is 4.98 Å². The lowest BCUT2D eigenvalue weighted by Crippen LogP contribution is -2.33. The van der Waals surface area contributed by atoms with Gasteiger partial charge in [0.1, 0.15) is 11.4 Å². The molecule has 30 heavy (non-hydrogen) atoms. The number of nitrogens with zero attached hydrogens (tertiary/aromatic N) is 3. The fourth-order valence-corrected chi connectivity index (χ4v) is 3.30. The maximum atomic E-state index is 13.2. The van der Waals surface area contributed by atoms with Crippen LogP contribution in [-0.4, -0.2) is 59.6 Å². The molecule has 0 saturated heterocycles. The number of carbonyl (C=O) groups is 1. The molecule has 2 N–H and O–H groups in total. The van der Waals surface area contributed by atoms with Gasteiger partial charge < -0.3 is 20.1 Å². The van der Waals surface area contributed by atoms with Crippen molar-refractivity contribution in [1.29, 1.82) is 0 Å². The maximum Gasteiger partial charge on any atom is 0.265 e. The second kappa shape index (κ2) is 9.41. The van der Waals surface area contributed by atoms with Crippen molar-refractivity contribution in [1.82, 2.24) is 19.6 Å². The summed E-state index contributed by atoms with van der Waals surface area (Å²) in [4.78, 5) is 31.9. The van der Waals surface area contributed by atoms with Gasteiger partial charge in [-0.1, -0.05) is 18.2 Å². The average Bonchev–Trinajstić information content (AvgIpc) is 2.73. The Morgan fingerprint density at radius 3 is 2.63 bits per heavy atom. The van der Waals surface area contributed by atoms with E-state index in [1.165, 1.54) is 4.40 Å². The Hall–Kier alpha value is -3.39. The molecule has 2 heterocycles. The monoisotopic (exact) mass is 410 g/mol. The van der Waals surface area contributed by atoms with E-state index in [2.05, 4.69) is 10.3 Å². The number of nitrogens with one attached hydrogen (secondary N) is 1. The molecular formula is C22H26N4O4. The van der Waals surface area contributed by atoms with E-state index in [4.69, 9.17) is 4.74 Å². The van der Waals surface area contributed by atoms with E-state index in [1.807, 2.05) is 19.0 Å². The summed E-state index contributed by atoms with van der Waals surface area (Å²) in [5.41, 5.74) is 0.739. The second-order valence-electron chi connectivity index (χ2n) is 7.27. The fourth-order valence-electron chi connectivity index (χ4n) is 3.30. The minimum Gasteiger partial charge on any atom is -0.497 e. The van der Waals surface area contributed by atoms with E-state index in [0.29, 0.717) is 30.0 Å². The highest BCUT2D eigenvalue weighted by molar-refractivity contribution is 5.77. The number of ether oxygens (including phenoxy) is 1. The quantitative estimate of drug-likeness (QED) is 0.586. The zero-order valence-electron chi connectivity index (χ0n) is 17.3. The summed E-state index contributed by atoms with van der Waals surface area (Å²) in [5.74, 6) is -0.583. The van der Waals surface area contributed by atoms with Crippen molar-refractivity contribution in [2.75, 3.05) is 34.3 Å². The molecule has 3 aromatic rings. The summed E-state index contributed by atoms with van der Waals surface area (Å²) >= 11 is 0. The van der Waals surface area contributed by atoms with Gasteiger partial charge in [0, 0.05) is 31.6 Å². The summed E-state index contributed by atoms with van der Waals surface area (Å²) in [6.45, 7) is 1.19. The van der Waals surface area contributed by atoms with Gasteiger partial charge in [-0.05, 0) is 43.9 Å². The molecule has 1 amide bonds. The standard InChI is InChI=1S/C22H26N4O4/c1-25(2)13-11-23-19(27)14-17(15-7-9-16(30-3)10-8-15)20-21(28)24-18-6-4-5-12-26(18)22(20)29/h4-10,12,17,28H,11,13-14H2,1-3H3,(H,23,27). The number of carbonyl (C=O) groups excluding carboxylic acids is 1. The van der Waals surface area contributed by atoms with Crippen molar-refractivity contribution in [3.05, 3.63) is 70.1 Å². The lowest BCUT2D eigenvalue weighted by Gasteiger charge is -2.19. The molecule has 158 valence electrons. The largest absolute Gasteiger partial charge is 0.497 e. The molecule has 3 rings (SSSR count). The third-order valence-corrected chi connectivity index (χ3v) is 4.89. The van der Waals surface area contributed by atoms with Gasteiger partial charge in [0.05, 0.1) is 12.7 Å². The van der Waals surface area contributed by atoms with Crippen LogP contribution >= 0.6 is 0 Å². The third kappa shape index (κ3) is 4.77. The lowest BCUT2D eigenvalue weighted by molar-refractivity contribution is -0.121. The average molecular weight is 410 g/mol. The molecule has 1 unspecified atom stereocenters. The van der Waals surface area contributed by atoms with Gasteiger partial charge in [-0.15, -0.1) is 0 Å². The first-order valence-corrected chi connectivity index (χ1v) is 9.66. The Morgan fingerprint density at radius 2 is 1.97 bits per heavy atom. The van der Waals surface area contributed by atoms with E-state index < -0.39 is 11.5 Å². The fraction of sp³-hybridized carbons (Fsp3) is 0.318. The van der Waals surface area contributed by atoms with E-state index in [1.54, 1.807) is 55.8 Å². The van der Waals surface area contributed by atoms with Crippen LogP contribution in [0.3, 0.4) is 0 Å². The molecular weight excluding hydrogens is 384 g/mol. The molecule has 8 nitrogen and oxygen atoms in total. The highest BCUT2D eigenvalue weighted by Gasteiger charge is 2.26. The predicted octanol–water partition coefficient (Wildman–Crippen LogP) is 1.61. The van der Waals surface area contributed by atoms with Crippen LogP contribution in [0, 0.1) is 0 Å². The molecule has 0 aliphatic heterocycles. The molecule has 0 spiro atoms. The number of aromatic nitrogens is 2. The summed E-state index contributed by atoms with van der Waals surface area (Å²) in [6.07, 6.45) is 1.60. The van der Waals surface area contributed by atoms with Crippen LogP contribution in [0.1, 0.15) is 23.5 Å². The molecule has 0 aliphatic rings. The normalized spacial score (nSPS) is 12.1. The summed E-state index contributed by atoms with van der Waals surface area (Å²) < 4.78 is 6.58. The van der Waals surface area contributed by atoms with Gasteiger partial charge in [0.25, 0.3) is 5.56 Å². The van der Waals surface area contributed by atoms with Crippen LogP contribution in [-0.2, 0) is 4.79 Å². The number of amides is 1. The minimum absolute atomic E-state index is 0.00311. The van der Waals surface area contributed by atoms with Crippen LogP contribution < -0.4 is 15.6 Å². The van der Waals surface area contributed by atoms with Crippen LogP contribution in [0.25, 0.3) is 5.65 Å². The Kier molecular flexibility index (Phi) is 6.68. The zero-order valence-corrected chi connectivity index (χ0v) is 17.3. The topological polar surface area (TPSA) is 96.2 Å². The summed E-state index contributed by atoms with van der Waals surface area (Å²) in [6, 6.07) is 12.2. The van der Waals surface area contributed by atoms with E-state index in [0.717, 1.165) is 0 Å². The number of benzene rings is 1. The number of pyridine rings is 1. The van der Waals surface area contributed by atoms with Crippen molar-refractivity contribution in [3.8, 4) is 11.6 Å². The summed E-state index contributed by atoms with van der Waals surface area (Å²) in [7, 11) is 5.41. The lowest BCUT2D eigenvalue weighted by atomic mass is 9.89. The van der Waals surface area contributed by atoms with Crippen LogP contribution in [0.2, 0.25) is 0 Å². The van der Waals surface area contributed by atoms with E-state index in [9.17, 15) is 14.7 Å². The Morgan fingerprint density at radius 1 is 1.23 bits per heavy atom. The van der Waals surface area contributed by atoms with E-state index >= 15 is 0 Å². The Balaban J connectivity index is 2.02. The first-order chi connectivity index (χ1) is 14.4. The molecule has 0 bridgehead atoms. The molecule has 1 aromatic carbocycles. The maximum absolute atomic E-state index is 13.2. The van der Waals surface area contributed by atoms with Crippen molar-refractivity contribution >= 4 is 11.6 Å². The Bertz CT molecular complexity index is 1080. The van der Waals surface area contributed by atoms with Gasteiger partial charge in [0.2, 0.25) is 11.8 Å². The first kappa shape index (κ1) is 21.3. The highest BCUT2D eigenvalue weighted by atomic mass is 16.5. The van der Waals surface area contributed by atoms with Crippen LogP contribution in [0.4, 0.5) is 0 Å². The Labute approximate surface area is 174 Å².